The fraction of sp³-hybridized carbons (Fsp3) is 0.267. The SMILES string of the molecule is Cc1ccc(Cl)c(OCC(=O)NCCc2cccs2)c1. The Labute approximate surface area is 127 Å². The second kappa shape index (κ2) is 7.31. The lowest BCUT2D eigenvalue weighted by atomic mass is 10.2. The van der Waals surface area contributed by atoms with Crippen LogP contribution in [0, 0.1) is 6.92 Å². The van der Waals surface area contributed by atoms with E-state index < -0.39 is 0 Å². The third kappa shape index (κ3) is 4.54. The molecule has 106 valence electrons. The van der Waals surface area contributed by atoms with Crippen LogP contribution in [0.4, 0.5) is 0 Å². The number of hydrogen-bond acceptors (Lipinski definition) is 3. The minimum absolute atomic E-state index is 0.0202. The summed E-state index contributed by atoms with van der Waals surface area (Å²) in [5.74, 6) is 0.402. The van der Waals surface area contributed by atoms with Crippen molar-refractivity contribution in [2.75, 3.05) is 13.2 Å². The number of amides is 1. The van der Waals surface area contributed by atoms with Crippen molar-refractivity contribution in [3.63, 3.8) is 0 Å². The van der Waals surface area contributed by atoms with Crippen LogP contribution in [-0.4, -0.2) is 19.1 Å². The van der Waals surface area contributed by atoms with Gasteiger partial charge in [0.2, 0.25) is 0 Å². The summed E-state index contributed by atoms with van der Waals surface area (Å²) in [4.78, 5) is 12.9. The number of carbonyl (C=O) groups is 1. The molecule has 1 heterocycles. The van der Waals surface area contributed by atoms with Crippen molar-refractivity contribution in [1.82, 2.24) is 5.32 Å². The predicted octanol–water partition coefficient (Wildman–Crippen LogP) is 3.45. The molecule has 0 bridgehead atoms. The Bertz CT molecular complexity index is 569. The highest BCUT2D eigenvalue weighted by Gasteiger charge is 2.06. The molecular formula is C15H16ClNO2S. The lowest BCUT2D eigenvalue weighted by Crippen LogP contribution is -2.30. The van der Waals surface area contributed by atoms with Gasteiger partial charge in [0.15, 0.2) is 6.61 Å². The Morgan fingerprint density at radius 1 is 1.40 bits per heavy atom. The van der Waals surface area contributed by atoms with Gasteiger partial charge in [0.1, 0.15) is 5.75 Å². The fourth-order valence-corrected chi connectivity index (χ4v) is 2.58. The zero-order valence-electron chi connectivity index (χ0n) is 11.2. The van der Waals surface area contributed by atoms with E-state index in [-0.39, 0.29) is 12.5 Å². The van der Waals surface area contributed by atoms with Gasteiger partial charge < -0.3 is 10.1 Å². The molecule has 0 saturated carbocycles. The third-order valence-corrected chi connectivity index (χ3v) is 3.97. The number of halogens is 1. The Balaban J connectivity index is 1.73. The van der Waals surface area contributed by atoms with Gasteiger partial charge in [-0.15, -0.1) is 11.3 Å². The molecule has 0 aliphatic carbocycles. The number of thiophene rings is 1. The van der Waals surface area contributed by atoms with Crippen molar-refractivity contribution in [1.29, 1.82) is 0 Å². The summed E-state index contributed by atoms with van der Waals surface area (Å²) < 4.78 is 5.43. The van der Waals surface area contributed by atoms with E-state index >= 15 is 0 Å². The number of ether oxygens (including phenoxy) is 1. The van der Waals surface area contributed by atoms with Gasteiger partial charge in [-0.25, -0.2) is 0 Å². The highest BCUT2D eigenvalue weighted by atomic mass is 35.5. The van der Waals surface area contributed by atoms with Crippen LogP contribution in [0.2, 0.25) is 5.02 Å². The minimum Gasteiger partial charge on any atom is -0.482 e. The summed E-state index contributed by atoms with van der Waals surface area (Å²) in [5, 5.41) is 5.37. The Morgan fingerprint density at radius 3 is 3.00 bits per heavy atom. The fourth-order valence-electron chi connectivity index (χ4n) is 1.70. The van der Waals surface area contributed by atoms with E-state index in [2.05, 4.69) is 11.4 Å². The Hall–Kier alpha value is -1.52. The van der Waals surface area contributed by atoms with Crippen LogP contribution in [-0.2, 0) is 11.2 Å². The first-order valence-corrected chi connectivity index (χ1v) is 7.59. The van der Waals surface area contributed by atoms with E-state index in [1.54, 1.807) is 17.4 Å². The smallest absolute Gasteiger partial charge is 0.257 e. The predicted molar refractivity (Wildman–Crippen MR) is 82.7 cm³/mol. The van der Waals surface area contributed by atoms with Crippen molar-refractivity contribution in [3.8, 4) is 5.75 Å². The number of carbonyl (C=O) groups excluding carboxylic acids is 1. The van der Waals surface area contributed by atoms with Crippen LogP contribution in [0.15, 0.2) is 35.7 Å². The third-order valence-electron chi connectivity index (χ3n) is 2.72. The molecule has 0 atom stereocenters. The number of hydrogen-bond donors (Lipinski definition) is 1. The van der Waals surface area contributed by atoms with Crippen molar-refractivity contribution in [2.24, 2.45) is 0 Å². The monoisotopic (exact) mass is 309 g/mol. The summed E-state index contributed by atoms with van der Waals surface area (Å²) >= 11 is 7.68. The number of aryl methyl sites for hydroxylation is 1. The molecule has 0 aliphatic rings. The quantitative estimate of drug-likeness (QED) is 0.887. The molecule has 0 aliphatic heterocycles. The van der Waals surface area contributed by atoms with E-state index in [0.29, 0.717) is 17.3 Å². The van der Waals surface area contributed by atoms with Crippen molar-refractivity contribution >= 4 is 28.8 Å². The first-order chi connectivity index (χ1) is 9.65. The lowest BCUT2D eigenvalue weighted by molar-refractivity contribution is -0.123. The minimum atomic E-state index is -0.140. The normalized spacial score (nSPS) is 10.3. The van der Waals surface area contributed by atoms with Gasteiger partial charge in [-0.3, -0.25) is 4.79 Å². The highest BCUT2D eigenvalue weighted by molar-refractivity contribution is 7.09. The molecule has 1 aromatic carbocycles. The van der Waals surface area contributed by atoms with Crippen molar-refractivity contribution in [2.45, 2.75) is 13.3 Å². The number of rotatable bonds is 6. The molecule has 5 heteroatoms. The molecule has 1 N–H and O–H groups in total. The van der Waals surface area contributed by atoms with Gasteiger partial charge >= 0.3 is 0 Å². The van der Waals surface area contributed by atoms with Gasteiger partial charge in [-0.05, 0) is 42.5 Å². The summed E-state index contributed by atoms with van der Waals surface area (Å²) in [6, 6.07) is 9.54. The molecule has 20 heavy (non-hydrogen) atoms. The first-order valence-electron chi connectivity index (χ1n) is 6.33. The zero-order chi connectivity index (χ0) is 14.4. The maximum atomic E-state index is 11.7. The second-order valence-electron chi connectivity index (χ2n) is 4.40. The first kappa shape index (κ1) is 14.9. The van der Waals surface area contributed by atoms with Crippen LogP contribution in [0.25, 0.3) is 0 Å². The molecule has 0 unspecified atom stereocenters. The second-order valence-corrected chi connectivity index (χ2v) is 5.84. The highest BCUT2D eigenvalue weighted by Crippen LogP contribution is 2.24. The van der Waals surface area contributed by atoms with E-state index in [9.17, 15) is 4.79 Å². The summed E-state index contributed by atoms with van der Waals surface area (Å²) in [6.07, 6.45) is 0.842. The van der Waals surface area contributed by atoms with Gasteiger partial charge in [0, 0.05) is 11.4 Å². The average molecular weight is 310 g/mol. The van der Waals surface area contributed by atoms with Gasteiger partial charge in [-0.1, -0.05) is 23.7 Å². The van der Waals surface area contributed by atoms with Gasteiger partial charge in [-0.2, -0.15) is 0 Å². The molecule has 0 radical (unpaired) electrons. The van der Waals surface area contributed by atoms with E-state index in [1.165, 1.54) is 4.88 Å². The van der Waals surface area contributed by atoms with Gasteiger partial charge in [0.05, 0.1) is 5.02 Å². The molecule has 1 amide bonds. The molecule has 2 rings (SSSR count). The summed E-state index contributed by atoms with van der Waals surface area (Å²) in [7, 11) is 0. The molecule has 0 fully saturated rings. The summed E-state index contributed by atoms with van der Waals surface area (Å²) in [5.41, 5.74) is 1.04. The average Bonchev–Trinajstić information content (AvgIpc) is 2.93. The maximum absolute atomic E-state index is 11.7. The van der Waals surface area contributed by atoms with Crippen LogP contribution < -0.4 is 10.1 Å². The van der Waals surface area contributed by atoms with Crippen LogP contribution in [0.1, 0.15) is 10.4 Å². The van der Waals surface area contributed by atoms with Crippen LogP contribution in [0.5, 0.6) is 5.75 Å². The standard InChI is InChI=1S/C15H16ClNO2S/c1-11-4-5-13(16)14(9-11)19-10-15(18)17-7-6-12-3-2-8-20-12/h2-5,8-9H,6-7,10H2,1H3,(H,17,18). The lowest BCUT2D eigenvalue weighted by Gasteiger charge is -2.09. The summed E-state index contributed by atoms with van der Waals surface area (Å²) in [6.45, 7) is 2.54. The molecule has 3 nitrogen and oxygen atoms in total. The van der Waals surface area contributed by atoms with Crippen LogP contribution >= 0.6 is 22.9 Å². The Kier molecular flexibility index (Phi) is 5.44. The van der Waals surface area contributed by atoms with E-state index in [0.717, 1.165) is 12.0 Å². The molecular weight excluding hydrogens is 294 g/mol. The Morgan fingerprint density at radius 2 is 2.25 bits per heavy atom. The zero-order valence-corrected chi connectivity index (χ0v) is 12.8. The van der Waals surface area contributed by atoms with Crippen molar-refractivity contribution < 1.29 is 9.53 Å². The van der Waals surface area contributed by atoms with Crippen LogP contribution in [0.3, 0.4) is 0 Å². The molecule has 0 spiro atoms. The molecule has 0 saturated heterocycles. The largest absolute Gasteiger partial charge is 0.482 e. The molecule has 1 aromatic heterocycles. The topological polar surface area (TPSA) is 38.3 Å². The van der Waals surface area contributed by atoms with Crippen molar-refractivity contribution in [3.05, 3.63) is 51.2 Å². The van der Waals surface area contributed by atoms with E-state index in [1.807, 2.05) is 30.5 Å². The number of benzene rings is 1. The molecule has 2 aromatic rings. The number of nitrogens with one attached hydrogen (secondary N) is 1. The van der Waals surface area contributed by atoms with E-state index in [4.69, 9.17) is 16.3 Å². The maximum Gasteiger partial charge on any atom is 0.257 e. The van der Waals surface area contributed by atoms with Gasteiger partial charge in [0.25, 0.3) is 5.91 Å².